The van der Waals surface area contributed by atoms with E-state index in [0.717, 1.165) is 30.2 Å². The van der Waals surface area contributed by atoms with E-state index in [1.54, 1.807) is 0 Å². The molecule has 4 nitrogen and oxygen atoms in total. The van der Waals surface area contributed by atoms with Crippen LogP contribution >= 0.6 is 12.2 Å². The first-order valence-electron chi connectivity index (χ1n) is 6.84. The monoisotopic (exact) mass is 293 g/mol. The normalized spacial score (nSPS) is 11.3. The molecule has 0 radical (unpaired) electrons. The first kappa shape index (κ1) is 16.4. The van der Waals surface area contributed by atoms with Gasteiger partial charge in [-0.2, -0.15) is 5.10 Å². The van der Waals surface area contributed by atoms with E-state index in [-0.39, 0.29) is 0 Å². The van der Waals surface area contributed by atoms with Crippen molar-refractivity contribution >= 4 is 23.0 Å². The van der Waals surface area contributed by atoms with Crippen molar-refractivity contribution in [2.75, 3.05) is 13.2 Å². The Bertz CT molecular complexity index is 455. The highest BCUT2D eigenvalue weighted by molar-refractivity contribution is 7.80. The summed E-state index contributed by atoms with van der Waals surface area (Å²) in [5, 5.41) is 7.75. The van der Waals surface area contributed by atoms with Crippen molar-refractivity contribution in [3.63, 3.8) is 0 Å². The standard InChI is InChI=1S/C15H23N3OS/c1-5-16-15(20)18-17-12(4)13-6-8-14(9-7-13)19-10-11(2)3/h6-9,11H,5,10H2,1-4H3,(H2,16,18,20)/b17-12-. The molecule has 0 bridgehead atoms. The van der Waals surface area contributed by atoms with Gasteiger partial charge in [-0.1, -0.05) is 13.8 Å². The van der Waals surface area contributed by atoms with Gasteiger partial charge in [-0.25, -0.2) is 0 Å². The molecule has 1 aromatic rings. The van der Waals surface area contributed by atoms with Crippen LogP contribution in [0.2, 0.25) is 0 Å². The topological polar surface area (TPSA) is 45.7 Å². The number of thiocarbonyl (C=S) groups is 1. The van der Waals surface area contributed by atoms with Crippen molar-refractivity contribution in [3.05, 3.63) is 29.8 Å². The average Bonchev–Trinajstić information content (AvgIpc) is 2.43. The predicted molar refractivity (Wildman–Crippen MR) is 88.4 cm³/mol. The summed E-state index contributed by atoms with van der Waals surface area (Å²) in [5.74, 6) is 1.40. The van der Waals surface area contributed by atoms with E-state index in [4.69, 9.17) is 17.0 Å². The maximum atomic E-state index is 5.65. The number of nitrogens with one attached hydrogen (secondary N) is 2. The molecule has 0 unspecified atom stereocenters. The highest BCUT2D eigenvalue weighted by atomic mass is 32.1. The van der Waals surface area contributed by atoms with Gasteiger partial charge in [0.1, 0.15) is 5.75 Å². The quantitative estimate of drug-likeness (QED) is 0.481. The molecule has 2 N–H and O–H groups in total. The van der Waals surface area contributed by atoms with Gasteiger partial charge in [0, 0.05) is 6.54 Å². The second-order valence-electron chi connectivity index (χ2n) is 4.90. The molecule has 0 aromatic heterocycles. The number of ether oxygens (including phenoxy) is 1. The molecular weight excluding hydrogens is 270 g/mol. The Morgan fingerprint density at radius 2 is 1.95 bits per heavy atom. The lowest BCUT2D eigenvalue weighted by Gasteiger charge is -2.09. The SMILES string of the molecule is CCNC(=S)N/N=C(/C)c1ccc(OCC(C)C)cc1. The third-order valence-corrected chi connectivity index (χ3v) is 2.75. The third-order valence-electron chi connectivity index (χ3n) is 2.52. The summed E-state index contributed by atoms with van der Waals surface area (Å²) in [6, 6.07) is 7.90. The van der Waals surface area contributed by atoms with Gasteiger partial charge in [0.2, 0.25) is 0 Å². The van der Waals surface area contributed by atoms with Crippen molar-refractivity contribution in [1.29, 1.82) is 0 Å². The summed E-state index contributed by atoms with van der Waals surface area (Å²) >= 11 is 5.05. The molecule has 0 spiro atoms. The first-order chi connectivity index (χ1) is 9.52. The van der Waals surface area contributed by atoms with Crippen LogP contribution in [0, 0.1) is 5.92 Å². The molecule has 0 saturated heterocycles. The van der Waals surface area contributed by atoms with Gasteiger partial charge in [0.05, 0.1) is 12.3 Å². The molecular formula is C15H23N3OS. The fraction of sp³-hybridized carbons (Fsp3) is 0.467. The van der Waals surface area contributed by atoms with Crippen LogP contribution in [0.3, 0.4) is 0 Å². The van der Waals surface area contributed by atoms with Crippen molar-refractivity contribution in [3.8, 4) is 5.75 Å². The average molecular weight is 293 g/mol. The number of nitrogens with zero attached hydrogens (tertiary/aromatic N) is 1. The number of benzene rings is 1. The van der Waals surface area contributed by atoms with Gasteiger partial charge < -0.3 is 10.1 Å². The van der Waals surface area contributed by atoms with Crippen molar-refractivity contribution in [2.24, 2.45) is 11.0 Å². The summed E-state index contributed by atoms with van der Waals surface area (Å²) in [4.78, 5) is 0. The number of rotatable bonds is 6. The van der Waals surface area contributed by atoms with Crippen molar-refractivity contribution in [2.45, 2.75) is 27.7 Å². The molecule has 20 heavy (non-hydrogen) atoms. The lowest BCUT2D eigenvalue weighted by atomic mass is 10.1. The first-order valence-corrected chi connectivity index (χ1v) is 7.25. The summed E-state index contributed by atoms with van der Waals surface area (Å²) in [6.07, 6.45) is 0. The van der Waals surface area contributed by atoms with Gasteiger partial charge in [-0.15, -0.1) is 0 Å². The number of hydrazone groups is 1. The van der Waals surface area contributed by atoms with Crippen molar-refractivity contribution < 1.29 is 4.74 Å². The highest BCUT2D eigenvalue weighted by Crippen LogP contribution is 2.13. The van der Waals surface area contributed by atoms with E-state index in [0.29, 0.717) is 11.0 Å². The molecule has 0 heterocycles. The highest BCUT2D eigenvalue weighted by Gasteiger charge is 2.01. The minimum Gasteiger partial charge on any atom is -0.493 e. The molecule has 1 aromatic carbocycles. The van der Waals surface area contributed by atoms with Gasteiger partial charge in [0.15, 0.2) is 5.11 Å². The molecule has 0 amide bonds. The molecule has 110 valence electrons. The van der Waals surface area contributed by atoms with E-state index in [9.17, 15) is 0 Å². The summed E-state index contributed by atoms with van der Waals surface area (Å²) in [7, 11) is 0. The zero-order valence-corrected chi connectivity index (χ0v) is 13.4. The van der Waals surface area contributed by atoms with Crippen LogP contribution in [0.1, 0.15) is 33.3 Å². The van der Waals surface area contributed by atoms with E-state index < -0.39 is 0 Å². The third kappa shape index (κ3) is 6.02. The Morgan fingerprint density at radius 3 is 2.50 bits per heavy atom. The Morgan fingerprint density at radius 1 is 1.30 bits per heavy atom. The second-order valence-corrected chi connectivity index (χ2v) is 5.31. The lowest BCUT2D eigenvalue weighted by molar-refractivity contribution is 0.271. The number of hydrogen-bond donors (Lipinski definition) is 2. The van der Waals surface area contributed by atoms with Crippen LogP contribution in [0.5, 0.6) is 5.75 Å². The van der Waals surface area contributed by atoms with Crippen LogP contribution in [0.4, 0.5) is 0 Å². The van der Waals surface area contributed by atoms with Crippen LogP contribution in [0.25, 0.3) is 0 Å². The summed E-state index contributed by atoms with van der Waals surface area (Å²) < 4.78 is 5.65. The fourth-order valence-corrected chi connectivity index (χ4v) is 1.64. The fourth-order valence-electron chi connectivity index (χ4n) is 1.45. The number of hydrogen-bond acceptors (Lipinski definition) is 3. The maximum Gasteiger partial charge on any atom is 0.186 e. The molecule has 1 rings (SSSR count). The summed E-state index contributed by atoms with van der Waals surface area (Å²) in [5.41, 5.74) is 4.73. The largest absolute Gasteiger partial charge is 0.493 e. The zero-order chi connectivity index (χ0) is 15.0. The Labute approximate surface area is 126 Å². The second kappa shape index (κ2) is 8.53. The van der Waals surface area contributed by atoms with Crippen molar-refractivity contribution in [1.82, 2.24) is 10.7 Å². The van der Waals surface area contributed by atoms with E-state index in [2.05, 4.69) is 29.7 Å². The molecule has 0 aliphatic carbocycles. The zero-order valence-electron chi connectivity index (χ0n) is 12.6. The van der Waals surface area contributed by atoms with Crippen LogP contribution < -0.4 is 15.5 Å². The van der Waals surface area contributed by atoms with Gasteiger partial charge >= 0.3 is 0 Å². The Balaban J connectivity index is 2.58. The lowest BCUT2D eigenvalue weighted by Crippen LogP contribution is -2.32. The summed E-state index contributed by atoms with van der Waals surface area (Å²) in [6.45, 7) is 9.69. The molecule has 0 aliphatic heterocycles. The van der Waals surface area contributed by atoms with Crippen LogP contribution in [-0.2, 0) is 0 Å². The minimum absolute atomic E-state index is 0.522. The van der Waals surface area contributed by atoms with E-state index in [1.807, 2.05) is 38.1 Å². The molecule has 0 aliphatic rings. The van der Waals surface area contributed by atoms with Gasteiger partial charge in [-0.3, -0.25) is 5.43 Å². The molecule has 0 atom stereocenters. The smallest absolute Gasteiger partial charge is 0.186 e. The minimum atomic E-state index is 0.522. The van der Waals surface area contributed by atoms with E-state index >= 15 is 0 Å². The molecule has 0 saturated carbocycles. The van der Waals surface area contributed by atoms with Gasteiger partial charge in [-0.05, 0) is 61.8 Å². The maximum absolute atomic E-state index is 5.65. The van der Waals surface area contributed by atoms with Crippen LogP contribution in [0.15, 0.2) is 29.4 Å². The van der Waals surface area contributed by atoms with Gasteiger partial charge in [0.25, 0.3) is 0 Å². The molecule has 5 heteroatoms. The Kier molecular flexibility index (Phi) is 7.01. The van der Waals surface area contributed by atoms with Crippen LogP contribution in [-0.4, -0.2) is 24.0 Å². The van der Waals surface area contributed by atoms with E-state index in [1.165, 1.54) is 0 Å². The predicted octanol–water partition coefficient (Wildman–Crippen LogP) is 2.93. The Hall–Kier alpha value is -1.62. The molecule has 0 fully saturated rings.